The van der Waals surface area contributed by atoms with Crippen molar-refractivity contribution in [1.29, 1.82) is 0 Å². The smallest absolute Gasteiger partial charge is 1.00 e. The first-order valence-electron chi connectivity index (χ1n) is 7.73. The molecule has 130 valence electrons. The van der Waals surface area contributed by atoms with Gasteiger partial charge in [-0.15, -0.1) is 53.6 Å². The second-order valence-corrected chi connectivity index (χ2v) is 5.82. The summed E-state index contributed by atoms with van der Waals surface area (Å²) in [7, 11) is 0. The Kier molecular flexibility index (Phi) is 13.1. The van der Waals surface area contributed by atoms with E-state index >= 15 is 0 Å². The summed E-state index contributed by atoms with van der Waals surface area (Å²) in [6.45, 7) is 10.4. The molecule has 0 bridgehead atoms. The minimum atomic E-state index is 0. The van der Waals surface area contributed by atoms with Gasteiger partial charge in [0.2, 0.25) is 0 Å². The maximum absolute atomic E-state index is 3.10. The molecule has 0 atom stereocenters. The molecule has 3 heteroatoms. The van der Waals surface area contributed by atoms with Gasteiger partial charge < -0.3 is 24.8 Å². The Bertz CT molecular complexity index is 787. The van der Waals surface area contributed by atoms with E-state index in [1.165, 1.54) is 38.3 Å². The zero-order chi connectivity index (χ0) is 16.1. The zero-order valence-electron chi connectivity index (χ0n) is 15.5. The summed E-state index contributed by atoms with van der Waals surface area (Å²) in [6.07, 6.45) is 3.10. The third-order valence-electron chi connectivity index (χ3n) is 4.21. The van der Waals surface area contributed by atoms with Crippen LogP contribution in [0.2, 0.25) is 0 Å². The topological polar surface area (TPSA) is 0 Å². The minimum Gasteiger partial charge on any atom is -1.00 e. The van der Waals surface area contributed by atoms with Crippen LogP contribution in [0, 0.1) is 6.08 Å². The molecule has 0 aliphatic carbocycles. The van der Waals surface area contributed by atoms with Crippen molar-refractivity contribution in [3.8, 4) is 0 Å². The molecule has 0 saturated heterocycles. The van der Waals surface area contributed by atoms with E-state index in [2.05, 4.69) is 88.4 Å². The summed E-state index contributed by atoms with van der Waals surface area (Å²) in [4.78, 5) is 0. The average Bonchev–Trinajstić information content (AvgIpc) is 2.92. The first-order valence-corrected chi connectivity index (χ1v) is 7.73. The van der Waals surface area contributed by atoms with E-state index in [9.17, 15) is 0 Å². The zero-order valence-corrected chi connectivity index (χ0v) is 18.5. The van der Waals surface area contributed by atoms with Crippen LogP contribution in [0.15, 0.2) is 71.3 Å². The van der Waals surface area contributed by atoms with Gasteiger partial charge >= 0.3 is 21.7 Å². The molecule has 0 radical (unpaired) electrons. The summed E-state index contributed by atoms with van der Waals surface area (Å²) in [5.74, 6) is 0. The van der Waals surface area contributed by atoms with Gasteiger partial charge in [0.05, 0.1) is 0 Å². The van der Waals surface area contributed by atoms with Gasteiger partial charge in [0.1, 0.15) is 0 Å². The predicted molar refractivity (Wildman–Crippen MR) is 99.2 cm³/mol. The van der Waals surface area contributed by atoms with Crippen molar-refractivity contribution >= 4 is 21.5 Å². The van der Waals surface area contributed by atoms with Gasteiger partial charge in [-0.05, 0) is 0 Å². The summed E-state index contributed by atoms with van der Waals surface area (Å²) in [5, 5.41) is 5.39. The molecule has 0 amide bonds. The Hall–Kier alpha value is -0.916. The van der Waals surface area contributed by atoms with Crippen molar-refractivity contribution in [3.63, 3.8) is 0 Å². The Morgan fingerprint density at radius 1 is 0.760 bits per heavy atom. The molecular weight excluding hydrogens is 383 g/mol. The monoisotopic (exact) mass is 406 g/mol. The van der Waals surface area contributed by atoms with Crippen molar-refractivity contribution in [1.82, 2.24) is 0 Å². The Labute approximate surface area is 179 Å². The molecule has 0 aliphatic heterocycles. The van der Waals surface area contributed by atoms with Crippen LogP contribution in [0.25, 0.3) is 21.5 Å². The molecule has 0 spiro atoms. The SMILES string of the molecule is C[C-]=C(C)C(C)=C(C)C.[Cl-].[Cl-].[Ti+4].c1ccc2c(c1)[cH-]c1ccccc12. The number of benzene rings is 2. The number of rotatable bonds is 1. The maximum atomic E-state index is 3.10. The van der Waals surface area contributed by atoms with Crippen molar-refractivity contribution in [2.24, 2.45) is 0 Å². The van der Waals surface area contributed by atoms with Crippen LogP contribution in [0.3, 0.4) is 0 Å². The van der Waals surface area contributed by atoms with Crippen molar-refractivity contribution < 1.29 is 46.5 Å². The van der Waals surface area contributed by atoms with Gasteiger partial charge in [0.25, 0.3) is 0 Å². The van der Waals surface area contributed by atoms with Gasteiger partial charge in [0, 0.05) is 0 Å². The van der Waals surface area contributed by atoms with E-state index in [1.54, 1.807) is 0 Å². The molecule has 3 aromatic carbocycles. The minimum absolute atomic E-state index is 0. The first kappa shape index (κ1) is 26.3. The second-order valence-electron chi connectivity index (χ2n) is 5.82. The molecule has 0 N–H and O–H groups in total. The molecule has 3 rings (SSSR count). The van der Waals surface area contributed by atoms with E-state index in [4.69, 9.17) is 0 Å². The van der Waals surface area contributed by atoms with Gasteiger partial charge in [-0.3, -0.25) is 6.08 Å². The van der Waals surface area contributed by atoms with Crippen LogP contribution in [-0.2, 0) is 21.7 Å². The molecule has 0 nitrogen and oxygen atoms in total. The summed E-state index contributed by atoms with van der Waals surface area (Å²) < 4.78 is 0. The van der Waals surface area contributed by atoms with Crippen LogP contribution < -0.4 is 24.8 Å². The summed E-state index contributed by atoms with van der Waals surface area (Å²) in [5.41, 5.74) is 3.99. The molecule has 3 aromatic rings. The van der Waals surface area contributed by atoms with Crippen LogP contribution in [-0.4, -0.2) is 0 Å². The standard InChI is InChI=1S/C13H9.C9H15.2ClH.Ti/c1-3-7-12-10(5-1)9-11-6-2-4-8-13(11)12;1-6-8(4)9(5)7(2)3;;;/h1-9H;1-5H3;2*1H;/q2*-1;;;+4/p-2. The molecule has 0 aromatic heterocycles. The van der Waals surface area contributed by atoms with Crippen molar-refractivity contribution in [2.45, 2.75) is 34.6 Å². The molecule has 0 aliphatic rings. The number of hydrogen-bond acceptors (Lipinski definition) is 0. The molecule has 0 heterocycles. The number of allylic oxidation sites excluding steroid dienone is 4. The maximum Gasteiger partial charge on any atom is 4.00 e. The Morgan fingerprint density at radius 3 is 1.48 bits per heavy atom. The summed E-state index contributed by atoms with van der Waals surface area (Å²) in [6, 6.07) is 19.3. The largest absolute Gasteiger partial charge is 4.00 e. The predicted octanol–water partition coefficient (Wildman–Crippen LogP) is 0.829. The molecule has 25 heavy (non-hydrogen) atoms. The van der Waals surface area contributed by atoms with E-state index in [1.807, 2.05) is 6.92 Å². The average molecular weight is 407 g/mol. The van der Waals surface area contributed by atoms with E-state index < -0.39 is 0 Å². The Morgan fingerprint density at radius 2 is 1.16 bits per heavy atom. The number of hydrogen-bond donors (Lipinski definition) is 0. The fraction of sp³-hybridized carbons (Fsp3) is 0.227. The Balaban J connectivity index is 0. The van der Waals surface area contributed by atoms with Crippen LogP contribution in [0.4, 0.5) is 0 Å². The van der Waals surface area contributed by atoms with Crippen LogP contribution in [0.5, 0.6) is 0 Å². The van der Waals surface area contributed by atoms with Crippen molar-refractivity contribution in [2.75, 3.05) is 0 Å². The van der Waals surface area contributed by atoms with E-state index in [0.717, 1.165) is 0 Å². The van der Waals surface area contributed by atoms with Gasteiger partial charge in [-0.25, -0.2) is 5.57 Å². The quantitative estimate of drug-likeness (QED) is 0.319. The third-order valence-corrected chi connectivity index (χ3v) is 4.21. The molecule has 0 fully saturated rings. The second kappa shape index (κ2) is 12.4. The number of halogens is 2. The normalized spacial score (nSPS) is 9.88. The van der Waals surface area contributed by atoms with Crippen LogP contribution >= 0.6 is 0 Å². The first-order chi connectivity index (χ1) is 10.5. The van der Waals surface area contributed by atoms with Crippen LogP contribution in [0.1, 0.15) is 34.6 Å². The fourth-order valence-electron chi connectivity index (χ4n) is 2.47. The van der Waals surface area contributed by atoms with Gasteiger partial charge in [-0.2, -0.15) is 11.1 Å². The van der Waals surface area contributed by atoms with E-state index in [-0.39, 0.29) is 46.5 Å². The fourth-order valence-corrected chi connectivity index (χ4v) is 2.47. The van der Waals surface area contributed by atoms with Gasteiger partial charge in [0.15, 0.2) is 0 Å². The van der Waals surface area contributed by atoms with Gasteiger partial charge in [-0.1, -0.05) is 57.2 Å². The molecular formula is C22H24Cl2Ti. The molecule has 0 unspecified atom stereocenters. The summed E-state index contributed by atoms with van der Waals surface area (Å²) >= 11 is 0. The number of fused-ring (bicyclic) bond motifs is 3. The van der Waals surface area contributed by atoms with E-state index in [0.29, 0.717) is 0 Å². The van der Waals surface area contributed by atoms with Crippen molar-refractivity contribution in [3.05, 3.63) is 77.4 Å². The third kappa shape index (κ3) is 6.72. The molecule has 0 saturated carbocycles.